The first kappa shape index (κ1) is 21.0. The Hall–Kier alpha value is -3.30. The highest BCUT2D eigenvalue weighted by molar-refractivity contribution is 6.11. The average Bonchev–Trinajstić information content (AvgIpc) is 2.55. The lowest BCUT2D eigenvalue weighted by Gasteiger charge is -2.11. The molecule has 2 rings (SSSR count). The zero-order valence-corrected chi connectivity index (χ0v) is 14.2. The number of nitrogens with two attached hydrogens (primary N) is 1. The minimum absolute atomic E-state index is 0.00976. The number of nitrogens with one attached hydrogen (secondary N) is 1. The summed E-state index contributed by atoms with van der Waals surface area (Å²) in [7, 11) is 0. The second kappa shape index (κ2) is 8.59. The Morgan fingerprint density at radius 2 is 1.68 bits per heavy atom. The molecule has 0 aliphatic heterocycles. The van der Waals surface area contributed by atoms with Crippen molar-refractivity contribution in [1.29, 1.82) is 0 Å². The molecule has 0 atom stereocenters. The van der Waals surface area contributed by atoms with Crippen molar-refractivity contribution in [3.05, 3.63) is 70.4 Å². The van der Waals surface area contributed by atoms with Crippen molar-refractivity contribution in [1.82, 2.24) is 0 Å². The third-order valence-electron chi connectivity index (χ3n) is 3.49. The van der Waals surface area contributed by atoms with Gasteiger partial charge in [-0.3, -0.25) is 4.79 Å². The number of rotatable bonds is 5. The average molecular weight is 401 g/mol. The predicted octanol–water partition coefficient (Wildman–Crippen LogP) is 4.48. The molecule has 148 valence electrons. The molecule has 2 aromatic rings. The van der Waals surface area contributed by atoms with Crippen LogP contribution in [0, 0.1) is 23.3 Å². The molecule has 10 heteroatoms. The Labute approximate surface area is 155 Å². The SMILES string of the molecule is C/C(N)=C(/C=N/C(F)F)c1ccc(NC(=O)c2c(F)cc(F)cc2F)cc1F. The van der Waals surface area contributed by atoms with Crippen LogP contribution in [0.15, 0.2) is 41.0 Å². The second-order valence-corrected chi connectivity index (χ2v) is 5.55. The molecule has 0 unspecified atom stereocenters. The van der Waals surface area contributed by atoms with Gasteiger partial charge in [0.05, 0.1) is 0 Å². The molecule has 0 bridgehead atoms. The number of hydrogen-bond acceptors (Lipinski definition) is 3. The van der Waals surface area contributed by atoms with Crippen molar-refractivity contribution in [2.24, 2.45) is 10.7 Å². The first-order valence-electron chi connectivity index (χ1n) is 7.63. The number of alkyl halides is 2. The Bertz CT molecular complexity index is 945. The lowest BCUT2D eigenvalue weighted by atomic mass is 10.0. The molecule has 0 aliphatic carbocycles. The number of halogens is 6. The number of carbonyl (C=O) groups is 1. The first-order valence-corrected chi connectivity index (χ1v) is 7.63. The van der Waals surface area contributed by atoms with Crippen LogP contribution in [-0.2, 0) is 0 Å². The normalized spacial score (nSPS) is 12.4. The van der Waals surface area contributed by atoms with Crippen LogP contribution in [0.4, 0.5) is 32.0 Å². The summed E-state index contributed by atoms with van der Waals surface area (Å²) < 4.78 is 79.1. The molecule has 3 N–H and O–H groups in total. The van der Waals surface area contributed by atoms with Crippen LogP contribution < -0.4 is 11.1 Å². The highest BCUT2D eigenvalue weighted by Crippen LogP contribution is 2.24. The van der Waals surface area contributed by atoms with E-state index >= 15 is 0 Å². The number of allylic oxidation sites excluding steroid dienone is 2. The van der Waals surface area contributed by atoms with Crippen molar-refractivity contribution in [3.63, 3.8) is 0 Å². The zero-order valence-electron chi connectivity index (χ0n) is 14.2. The van der Waals surface area contributed by atoms with E-state index in [1.807, 2.05) is 0 Å². The molecule has 0 saturated heterocycles. The molecule has 0 fully saturated rings. The van der Waals surface area contributed by atoms with E-state index in [9.17, 15) is 31.1 Å². The second-order valence-electron chi connectivity index (χ2n) is 5.55. The van der Waals surface area contributed by atoms with Gasteiger partial charge in [-0.15, -0.1) is 0 Å². The molecule has 1 amide bonds. The third-order valence-corrected chi connectivity index (χ3v) is 3.49. The highest BCUT2D eigenvalue weighted by atomic mass is 19.3. The number of nitrogens with zero attached hydrogens (tertiary/aromatic N) is 1. The Morgan fingerprint density at radius 1 is 1.07 bits per heavy atom. The number of benzene rings is 2. The molecule has 0 heterocycles. The maximum Gasteiger partial charge on any atom is 0.331 e. The fourth-order valence-electron chi connectivity index (χ4n) is 2.28. The molecule has 0 aromatic heterocycles. The minimum Gasteiger partial charge on any atom is -0.402 e. The van der Waals surface area contributed by atoms with E-state index in [-0.39, 0.29) is 22.5 Å². The Kier molecular flexibility index (Phi) is 6.45. The van der Waals surface area contributed by atoms with Crippen molar-refractivity contribution in [2.75, 3.05) is 5.32 Å². The largest absolute Gasteiger partial charge is 0.402 e. The summed E-state index contributed by atoms with van der Waals surface area (Å²) in [6.07, 6.45) is 0.708. The molecule has 28 heavy (non-hydrogen) atoms. The third kappa shape index (κ3) is 4.90. The molecule has 0 aliphatic rings. The molecular formula is C18H13F6N3O. The van der Waals surface area contributed by atoms with Crippen LogP contribution in [0.5, 0.6) is 0 Å². The van der Waals surface area contributed by atoms with Crippen LogP contribution in [-0.4, -0.2) is 18.7 Å². The standard InChI is InChI=1S/C18H13F6N3O/c1-8(25)12(7-26-18(23)24)11-3-2-10(6-13(11)20)27-17(28)16-14(21)4-9(19)5-15(16)22/h2-7,18H,25H2,1H3,(H,27,28)/b12-8+,26-7+. The van der Waals surface area contributed by atoms with Crippen LogP contribution in [0.2, 0.25) is 0 Å². The molecule has 4 nitrogen and oxygen atoms in total. The number of anilines is 1. The van der Waals surface area contributed by atoms with Gasteiger partial charge in [-0.25, -0.2) is 22.6 Å². The van der Waals surface area contributed by atoms with Gasteiger partial charge in [0.2, 0.25) is 0 Å². The molecular weight excluding hydrogens is 388 g/mol. The van der Waals surface area contributed by atoms with E-state index in [2.05, 4.69) is 10.3 Å². The van der Waals surface area contributed by atoms with Crippen LogP contribution in [0.25, 0.3) is 5.57 Å². The minimum atomic E-state index is -3.02. The van der Waals surface area contributed by atoms with Crippen LogP contribution in [0.3, 0.4) is 0 Å². The van der Waals surface area contributed by atoms with E-state index in [1.165, 1.54) is 6.92 Å². The van der Waals surface area contributed by atoms with E-state index in [1.54, 1.807) is 0 Å². The summed E-state index contributed by atoms with van der Waals surface area (Å²) in [6, 6.07) is 3.72. The van der Waals surface area contributed by atoms with E-state index in [0.717, 1.165) is 18.2 Å². The van der Waals surface area contributed by atoms with Crippen molar-refractivity contribution >= 4 is 23.4 Å². The quantitative estimate of drug-likeness (QED) is 0.441. The number of amides is 1. The van der Waals surface area contributed by atoms with Crippen LogP contribution in [0.1, 0.15) is 22.8 Å². The Morgan fingerprint density at radius 3 is 2.18 bits per heavy atom. The van der Waals surface area contributed by atoms with Gasteiger partial charge in [0.15, 0.2) is 0 Å². The summed E-state index contributed by atoms with van der Waals surface area (Å²) in [6.45, 7) is -1.67. The van der Waals surface area contributed by atoms with E-state index < -0.39 is 41.3 Å². The van der Waals surface area contributed by atoms with E-state index in [0.29, 0.717) is 18.3 Å². The number of carbonyl (C=O) groups excluding carboxylic acids is 1. The fraction of sp³-hybridized carbons (Fsp3) is 0.111. The lowest BCUT2D eigenvalue weighted by Crippen LogP contribution is -2.16. The molecule has 0 radical (unpaired) electrons. The topological polar surface area (TPSA) is 67.5 Å². The van der Waals surface area contributed by atoms with E-state index in [4.69, 9.17) is 5.73 Å². The smallest absolute Gasteiger partial charge is 0.331 e. The monoisotopic (exact) mass is 401 g/mol. The van der Waals surface area contributed by atoms with Crippen molar-refractivity contribution in [2.45, 2.75) is 13.5 Å². The summed E-state index contributed by atoms with van der Waals surface area (Å²) >= 11 is 0. The van der Waals surface area contributed by atoms with Crippen LogP contribution >= 0.6 is 0 Å². The Balaban J connectivity index is 2.32. The maximum absolute atomic E-state index is 14.4. The molecule has 0 saturated carbocycles. The van der Waals surface area contributed by atoms with Gasteiger partial charge in [-0.2, -0.15) is 8.78 Å². The lowest BCUT2D eigenvalue weighted by molar-refractivity contribution is 0.101. The molecule has 0 spiro atoms. The molecule has 2 aromatic carbocycles. The number of hydrogen-bond donors (Lipinski definition) is 2. The summed E-state index contributed by atoms with van der Waals surface area (Å²) in [5, 5.41) is 2.06. The first-order chi connectivity index (χ1) is 13.1. The van der Waals surface area contributed by atoms with Gasteiger partial charge in [0, 0.05) is 40.9 Å². The highest BCUT2D eigenvalue weighted by Gasteiger charge is 2.20. The summed E-state index contributed by atoms with van der Waals surface area (Å²) in [5.41, 5.74) is 4.05. The van der Waals surface area contributed by atoms with Gasteiger partial charge in [-0.1, -0.05) is 0 Å². The van der Waals surface area contributed by atoms with Crippen molar-refractivity contribution < 1.29 is 31.1 Å². The van der Waals surface area contributed by atoms with Gasteiger partial charge >= 0.3 is 6.55 Å². The number of aliphatic imine (C=N–C) groups is 1. The van der Waals surface area contributed by atoms with Gasteiger partial charge in [-0.05, 0) is 25.1 Å². The predicted molar refractivity (Wildman–Crippen MR) is 91.9 cm³/mol. The summed E-state index contributed by atoms with van der Waals surface area (Å²) in [4.78, 5) is 14.9. The fourth-order valence-corrected chi connectivity index (χ4v) is 2.28. The summed E-state index contributed by atoms with van der Waals surface area (Å²) in [5.74, 6) is -6.30. The van der Waals surface area contributed by atoms with Gasteiger partial charge in [0.1, 0.15) is 28.8 Å². The van der Waals surface area contributed by atoms with Gasteiger partial charge < -0.3 is 11.1 Å². The maximum atomic E-state index is 14.4. The van der Waals surface area contributed by atoms with Crippen molar-refractivity contribution in [3.8, 4) is 0 Å². The van der Waals surface area contributed by atoms with Gasteiger partial charge in [0.25, 0.3) is 5.91 Å². The zero-order chi connectivity index (χ0) is 21.0.